The van der Waals surface area contributed by atoms with E-state index in [1.54, 1.807) is 14.2 Å². The van der Waals surface area contributed by atoms with Crippen LogP contribution in [0.25, 0.3) is 0 Å². The maximum Gasteiger partial charge on any atom is 0.127 e. The van der Waals surface area contributed by atoms with Crippen LogP contribution in [0.15, 0.2) is 18.2 Å². The van der Waals surface area contributed by atoms with Crippen LogP contribution in [0.1, 0.15) is 18.4 Å². The summed E-state index contributed by atoms with van der Waals surface area (Å²) in [4.78, 5) is 0. The highest BCUT2D eigenvalue weighted by atomic mass is 32.2. The van der Waals surface area contributed by atoms with Crippen molar-refractivity contribution in [2.45, 2.75) is 19.4 Å². The van der Waals surface area contributed by atoms with Gasteiger partial charge in [-0.3, -0.25) is 0 Å². The van der Waals surface area contributed by atoms with Gasteiger partial charge in [0.05, 0.1) is 14.2 Å². The minimum atomic E-state index is 0.829. The molecule has 18 heavy (non-hydrogen) atoms. The van der Waals surface area contributed by atoms with E-state index in [4.69, 9.17) is 9.47 Å². The fourth-order valence-electron chi connectivity index (χ4n) is 1.72. The van der Waals surface area contributed by atoms with Gasteiger partial charge < -0.3 is 14.8 Å². The maximum absolute atomic E-state index is 5.36. The zero-order valence-corrected chi connectivity index (χ0v) is 12.3. The van der Waals surface area contributed by atoms with Crippen LogP contribution in [-0.4, -0.2) is 32.8 Å². The molecule has 0 aliphatic rings. The topological polar surface area (TPSA) is 30.5 Å². The third kappa shape index (κ3) is 5.19. The van der Waals surface area contributed by atoms with Gasteiger partial charge in [0.2, 0.25) is 0 Å². The molecule has 1 aromatic carbocycles. The van der Waals surface area contributed by atoms with E-state index < -0.39 is 0 Å². The zero-order chi connectivity index (χ0) is 13.2. The van der Waals surface area contributed by atoms with Crippen molar-refractivity contribution in [2.75, 3.05) is 32.8 Å². The summed E-state index contributed by atoms with van der Waals surface area (Å²) in [5.41, 5.74) is 1.17. The minimum Gasteiger partial charge on any atom is -0.497 e. The van der Waals surface area contributed by atoms with Gasteiger partial charge in [-0.15, -0.1) is 0 Å². The van der Waals surface area contributed by atoms with Crippen LogP contribution in [0, 0.1) is 0 Å². The van der Waals surface area contributed by atoms with Crippen LogP contribution in [0.3, 0.4) is 0 Å². The van der Waals surface area contributed by atoms with E-state index in [-0.39, 0.29) is 0 Å². The molecule has 0 radical (unpaired) electrons. The highest BCUT2D eigenvalue weighted by molar-refractivity contribution is 7.98. The van der Waals surface area contributed by atoms with Crippen molar-refractivity contribution in [1.82, 2.24) is 5.32 Å². The van der Waals surface area contributed by atoms with E-state index in [0.717, 1.165) is 24.6 Å². The van der Waals surface area contributed by atoms with Gasteiger partial charge in [-0.2, -0.15) is 11.8 Å². The second-order valence-electron chi connectivity index (χ2n) is 4.05. The number of benzene rings is 1. The Morgan fingerprint density at radius 2 is 2.00 bits per heavy atom. The Kier molecular flexibility index (Phi) is 7.69. The van der Waals surface area contributed by atoms with E-state index in [1.807, 2.05) is 30.0 Å². The van der Waals surface area contributed by atoms with Crippen LogP contribution in [0.4, 0.5) is 0 Å². The average Bonchev–Trinajstić information content (AvgIpc) is 2.42. The Labute approximate surface area is 114 Å². The van der Waals surface area contributed by atoms with Crippen molar-refractivity contribution >= 4 is 11.8 Å². The molecular weight excluding hydrogens is 246 g/mol. The largest absolute Gasteiger partial charge is 0.497 e. The number of methoxy groups -OCH3 is 2. The molecule has 4 heteroatoms. The van der Waals surface area contributed by atoms with Crippen LogP contribution < -0.4 is 14.8 Å². The lowest BCUT2D eigenvalue weighted by molar-refractivity contribution is 0.390. The van der Waals surface area contributed by atoms with E-state index in [1.165, 1.54) is 24.2 Å². The van der Waals surface area contributed by atoms with Gasteiger partial charge >= 0.3 is 0 Å². The molecule has 0 aliphatic heterocycles. The summed E-state index contributed by atoms with van der Waals surface area (Å²) in [7, 11) is 3.36. The number of thioether (sulfide) groups is 1. The van der Waals surface area contributed by atoms with Crippen LogP contribution in [0.5, 0.6) is 11.5 Å². The summed E-state index contributed by atoms with van der Waals surface area (Å²) in [6.45, 7) is 1.89. The molecule has 1 rings (SSSR count). The average molecular weight is 269 g/mol. The molecule has 102 valence electrons. The molecule has 0 bridgehead atoms. The molecule has 0 aliphatic carbocycles. The lowest BCUT2D eigenvalue weighted by atomic mass is 10.2. The minimum absolute atomic E-state index is 0.829. The number of hydrogen-bond acceptors (Lipinski definition) is 4. The molecule has 0 amide bonds. The van der Waals surface area contributed by atoms with Crippen molar-refractivity contribution in [3.8, 4) is 11.5 Å². The van der Waals surface area contributed by atoms with Gasteiger partial charge in [0.15, 0.2) is 0 Å². The van der Waals surface area contributed by atoms with Crippen molar-refractivity contribution in [3.63, 3.8) is 0 Å². The predicted octanol–water partition coefficient (Wildman–Crippen LogP) is 2.94. The first kappa shape index (κ1) is 15.2. The number of unbranched alkanes of at least 4 members (excludes halogenated alkanes) is 1. The van der Waals surface area contributed by atoms with E-state index in [0.29, 0.717) is 0 Å². The Bertz CT molecular complexity index is 345. The second kappa shape index (κ2) is 9.11. The number of ether oxygens (including phenoxy) is 2. The lowest BCUT2D eigenvalue weighted by Crippen LogP contribution is -2.15. The summed E-state index contributed by atoms with van der Waals surface area (Å²) in [5.74, 6) is 2.95. The Hall–Kier alpha value is -0.870. The van der Waals surface area contributed by atoms with E-state index in [2.05, 4.69) is 11.6 Å². The predicted molar refractivity (Wildman–Crippen MR) is 78.9 cm³/mol. The van der Waals surface area contributed by atoms with Gasteiger partial charge in [-0.25, -0.2) is 0 Å². The molecule has 0 saturated carbocycles. The molecule has 3 nitrogen and oxygen atoms in total. The second-order valence-corrected chi connectivity index (χ2v) is 5.04. The van der Waals surface area contributed by atoms with Gasteiger partial charge in [0.1, 0.15) is 11.5 Å². The standard InChI is InChI=1S/C14H23NO2S/c1-16-13-7-6-12(14(10-13)17-2)11-15-8-4-5-9-18-3/h6-7,10,15H,4-5,8-9,11H2,1-3H3. The van der Waals surface area contributed by atoms with Crippen LogP contribution >= 0.6 is 11.8 Å². The summed E-state index contributed by atoms with van der Waals surface area (Å²) in [6.07, 6.45) is 4.64. The van der Waals surface area contributed by atoms with Gasteiger partial charge in [-0.1, -0.05) is 6.07 Å². The maximum atomic E-state index is 5.36. The fourth-order valence-corrected chi connectivity index (χ4v) is 2.21. The summed E-state index contributed by atoms with van der Waals surface area (Å²) >= 11 is 1.90. The zero-order valence-electron chi connectivity index (χ0n) is 11.5. The van der Waals surface area contributed by atoms with Crippen LogP contribution in [0.2, 0.25) is 0 Å². The quantitative estimate of drug-likeness (QED) is 0.698. The summed E-state index contributed by atoms with van der Waals surface area (Å²) < 4.78 is 10.5. The summed E-state index contributed by atoms with van der Waals surface area (Å²) in [5, 5.41) is 3.44. The first-order chi connectivity index (χ1) is 8.81. The van der Waals surface area contributed by atoms with Crippen LogP contribution in [-0.2, 0) is 6.54 Å². The Morgan fingerprint density at radius 1 is 1.17 bits per heavy atom. The monoisotopic (exact) mass is 269 g/mol. The highest BCUT2D eigenvalue weighted by Gasteiger charge is 2.04. The van der Waals surface area contributed by atoms with Crippen molar-refractivity contribution in [2.24, 2.45) is 0 Å². The van der Waals surface area contributed by atoms with Crippen molar-refractivity contribution < 1.29 is 9.47 Å². The first-order valence-electron chi connectivity index (χ1n) is 6.22. The third-order valence-corrected chi connectivity index (χ3v) is 3.46. The highest BCUT2D eigenvalue weighted by Crippen LogP contribution is 2.24. The van der Waals surface area contributed by atoms with Gasteiger partial charge in [0.25, 0.3) is 0 Å². The smallest absolute Gasteiger partial charge is 0.127 e. The fraction of sp³-hybridized carbons (Fsp3) is 0.571. The third-order valence-electron chi connectivity index (χ3n) is 2.76. The number of hydrogen-bond donors (Lipinski definition) is 1. The molecule has 1 aromatic rings. The lowest BCUT2D eigenvalue weighted by Gasteiger charge is -2.11. The van der Waals surface area contributed by atoms with E-state index >= 15 is 0 Å². The molecule has 0 unspecified atom stereocenters. The normalized spacial score (nSPS) is 10.4. The molecule has 0 fully saturated rings. The first-order valence-corrected chi connectivity index (χ1v) is 7.61. The number of nitrogens with one attached hydrogen (secondary N) is 1. The molecule has 0 atom stereocenters. The Balaban J connectivity index is 2.37. The molecular formula is C14H23NO2S. The molecule has 0 spiro atoms. The Morgan fingerprint density at radius 3 is 2.67 bits per heavy atom. The molecule has 0 saturated heterocycles. The number of rotatable bonds is 9. The SMILES string of the molecule is COc1ccc(CNCCCCSC)c(OC)c1. The van der Waals surface area contributed by atoms with Gasteiger partial charge in [0, 0.05) is 18.2 Å². The van der Waals surface area contributed by atoms with Crippen molar-refractivity contribution in [1.29, 1.82) is 0 Å². The van der Waals surface area contributed by atoms with Gasteiger partial charge in [-0.05, 0) is 37.5 Å². The molecule has 0 aromatic heterocycles. The van der Waals surface area contributed by atoms with E-state index in [9.17, 15) is 0 Å². The summed E-state index contributed by atoms with van der Waals surface area (Å²) in [6, 6.07) is 5.94. The molecule has 0 heterocycles. The van der Waals surface area contributed by atoms with Crippen molar-refractivity contribution in [3.05, 3.63) is 23.8 Å². The molecule has 1 N–H and O–H groups in total.